The lowest BCUT2D eigenvalue weighted by Gasteiger charge is -2.27. The van der Waals surface area contributed by atoms with Gasteiger partial charge in [0.1, 0.15) is 10.5 Å². The highest BCUT2D eigenvalue weighted by atomic mass is 32.1. The Kier molecular flexibility index (Phi) is 3.92. The maximum absolute atomic E-state index is 11.9. The van der Waals surface area contributed by atoms with Gasteiger partial charge in [0.15, 0.2) is 0 Å². The molecule has 0 atom stereocenters. The van der Waals surface area contributed by atoms with E-state index in [0.717, 1.165) is 31.2 Å². The third-order valence-electron chi connectivity index (χ3n) is 2.62. The first-order valence-corrected chi connectivity index (χ1v) is 7.06. The van der Waals surface area contributed by atoms with Gasteiger partial charge in [0, 0.05) is 26.2 Å². The molecule has 1 fully saturated rings. The molecule has 0 amide bonds. The van der Waals surface area contributed by atoms with Crippen LogP contribution in [0.2, 0.25) is 0 Å². The number of ether oxygens (including phenoxy) is 1. The minimum absolute atomic E-state index is 0.228. The molecular formula is C13H20N2O2S. The molecule has 1 aliphatic rings. The standard InChI is InChI=1S/C13H20N2O2S/c1-13(2,3)17-12(16)10-4-5-11(18-10)15-8-6-14-7-9-15/h4-5,14H,6-9H2,1-3H3. The molecule has 0 spiro atoms. The van der Waals surface area contributed by atoms with E-state index in [0.29, 0.717) is 4.88 Å². The first kappa shape index (κ1) is 13.4. The van der Waals surface area contributed by atoms with E-state index >= 15 is 0 Å². The van der Waals surface area contributed by atoms with Crippen molar-refractivity contribution in [2.75, 3.05) is 31.1 Å². The Morgan fingerprint density at radius 3 is 2.61 bits per heavy atom. The molecule has 1 aliphatic heterocycles. The Balaban J connectivity index is 2.03. The summed E-state index contributed by atoms with van der Waals surface area (Å²) in [4.78, 5) is 14.9. The number of piperazine rings is 1. The van der Waals surface area contributed by atoms with Gasteiger partial charge in [0.25, 0.3) is 0 Å². The quantitative estimate of drug-likeness (QED) is 0.834. The van der Waals surface area contributed by atoms with Crippen LogP contribution in [0.15, 0.2) is 12.1 Å². The average molecular weight is 268 g/mol. The number of carbonyl (C=O) groups excluding carboxylic acids is 1. The Bertz CT molecular complexity index is 417. The SMILES string of the molecule is CC(C)(C)OC(=O)c1ccc(N2CCNCC2)s1. The van der Waals surface area contributed by atoms with Crippen LogP contribution in [0.4, 0.5) is 5.00 Å². The molecule has 5 heteroatoms. The predicted octanol–water partition coefficient (Wildman–Crippen LogP) is 2.11. The van der Waals surface area contributed by atoms with Gasteiger partial charge in [-0.05, 0) is 32.9 Å². The number of thiophene rings is 1. The average Bonchev–Trinajstić information content (AvgIpc) is 2.77. The van der Waals surface area contributed by atoms with Crippen molar-refractivity contribution in [1.29, 1.82) is 0 Å². The fraction of sp³-hybridized carbons (Fsp3) is 0.615. The van der Waals surface area contributed by atoms with E-state index < -0.39 is 5.60 Å². The lowest BCUT2D eigenvalue weighted by Crippen LogP contribution is -2.43. The number of nitrogens with zero attached hydrogens (tertiary/aromatic N) is 1. The normalized spacial score (nSPS) is 16.7. The van der Waals surface area contributed by atoms with Crippen LogP contribution in [0.5, 0.6) is 0 Å². The zero-order valence-corrected chi connectivity index (χ0v) is 12.0. The van der Waals surface area contributed by atoms with Crippen LogP contribution in [0.25, 0.3) is 0 Å². The van der Waals surface area contributed by atoms with Gasteiger partial charge in [0.2, 0.25) is 0 Å². The topological polar surface area (TPSA) is 41.6 Å². The molecule has 0 saturated carbocycles. The molecule has 1 aromatic heterocycles. The molecular weight excluding hydrogens is 248 g/mol. The van der Waals surface area contributed by atoms with E-state index in [9.17, 15) is 4.79 Å². The molecule has 2 rings (SSSR count). The predicted molar refractivity (Wildman–Crippen MR) is 74.6 cm³/mol. The molecule has 1 aromatic rings. The maximum atomic E-state index is 11.9. The molecule has 2 heterocycles. The summed E-state index contributed by atoms with van der Waals surface area (Å²) in [7, 11) is 0. The molecule has 0 radical (unpaired) electrons. The number of esters is 1. The maximum Gasteiger partial charge on any atom is 0.348 e. The first-order chi connectivity index (χ1) is 8.46. The van der Waals surface area contributed by atoms with Crippen molar-refractivity contribution < 1.29 is 9.53 Å². The summed E-state index contributed by atoms with van der Waals surface area (Å²) in [6.45, 7) is 9.64. The summed E-state index contributed by atoms with van der Waals surface area (Å²) in [5.74, 6) is -0.228. The smallest absolute Gasteiger partial charge is 0.348 e. The van der Waals surface area contributed by atoms with Crippen molar-refractivity contribution in [2.45, 2.75) is 26.4 Å². The molecule has 0 unspecified atom stereocenters. The molecule has 100 valence electrons. The second-order valence-corrected chi connectivity index (χ2v) is 6.44. The summed E-state index contributed by atoms with van der Waals surface area (Å²) in [6.07, 6.45) is 0. The molecule has 1 saturated heterocycles. The molecule has 4 nitrogen and oxygen atoms in total. The van der Waals surface area contributed by atoms with Crippen LogP contribution in [0, 0.1) is 0 Å². The van der Waals surface area contributed by atoms with Gasteiger partial charge >= 0.3 is 5.97 Å². The van der Waals surface area contributed by atoms with Gasteiger partial charge in [-0.3, -0.25) is 0 Å². The number of carbonyl (C=O) groups is 1. The zero-order valence-electron chi connectivity index (χ0n) is 11.2. The third kappa shape index (κ3) is 3.46. The summed E-state index contributed by atoms with van der Waals surface area (Å²) in [5.41, 5.74) is -0.434. The van der Waals surface area contributed by atoms with Crippen molar-refractivity contribution in [3.8, 4) is 0 Å². The third-order valence-corrected chi connectivity index (χ3v) is 3.75. The second-order valence-electron chi connectivity index (χ2n) is 5.38. The van der Waals surface area contributed by atoms with Crippen molar-refractivity contribution >= 4 is 22.3 Å². The monoisotopic (exact) mass is 268 g/mol. The molecule has 1 N–H and O–H groups in total. The summed E-state index contributed by atoms with van der Waals surface area (Å²) < 4.78 is 5.37. The van der Waals surface area contributed by atoms with Crippen molar-refractivity contribution in [1.82, 2.24) is 5.32 Å². The van der Waals surface area contributed by atoms with E-state index in [1.165, 1.54) is 11.3 Å². The number of hydrogen-bond acceptors (Lipinski definition) is 5. The Morgan fingerprint density at radius 2 is 2.00 bits per heavy atom. The highest BCUT2D eigenvalue weighted by molar-refractivity contribution is 7.17. The van der Waals surface area contributed by atoms with E-state index in [-0.39, 0.29) is 5.97 Å². The molecule has 0 aromatic carbocycles. The van der Waals surface area contributed by atoms with Crippen LogP contribution in [-0.2, 0) is 4.74 Å². The first-order valence-electron chi connectivity index (χ1n) is 6.24. The summed E-state index contributed by atoms with van der Waals surface area (Å²) >= 11 is 1.51. The van der Waals surface area contributed by atoms with Gasteiger partial charge in [0.05, 0.1) is 5.00 Å². The number of rotatable bonds is 2. The fourth-order valence-electron chi connectivity index (χ4n) is 1.82. The van der Waals surface area contributed by atoms with Crippen LogP contribution >= 0.6 is 11.3 Å². The minimum Gasteiger partial charge on any atom is -0.456 e. The van der Waals surface area contributed by atoms with Gasteiger partial charge in [-0.25, -0.2) is 4.79 Å². The molecule has 0 aliphatic carbocycles. The fourth-order valence-corrected chi connectivity index (χ4v) is 2.76. The zero-order chi connectivity index (χ0) is 13.2. The molecule has 18 heavy (non-hydrogen) atoms. The highest BCUT2D eigenvalue weighted by Crippen LogP contribution is 2.27. The van der Waals surface area contributed by atoms with Gasteiger partial charge in [-0.1, -0.05) is 0 Å². The Morgan fingerprint density at radius 1 is 1.33 bits per heavy atom. The number of anilines is 1. The van der Waals surface area contributed by atoms with E-state index in [4.69, 9.17) is 4.74 Å². The highest BCUT2D eigenvalue weighted by Gasteiger charge is 2.20. The number of hydrogen-bond donors (Lipinski definition) is 1. The number of nitrogens with one attached hydrogen (secondary N) is 1. The van der Waals surface area contributed by atoms with Gasteiger partial charge in [-0.15, -0.1) is 11.3 Å². The van der Waals surface area contributed by atoms with Gasteiger partial charge < -0.3 is 15.0 Å². The molecule has 0 bridgehead atoms. The summed E-state index contributed by atoms with van der Waals surface area (Å²) in [5, 5.41) is 4.47. The lowest BCUT2D eigenvalue weighted by molar-refractivity contribution is 0.00752. The second kappa shape index (κ2) is 5.28. The van der Waals surface area contributed by atoms with Crippen LogP contribution in [-0.4, -0.2) is 37.7 Å². The lowest BCUT2D eigenvalue weighted by atomic mass is 10.2. The summed E-state index contributed by atoms with van der Waals surface area (Å²) in [6, 6.07) is 3.87. The van der Waals surface area contributed by atoms with Gasteiger partial charge in [-0.2, -0.15) is 0 Å². The largest absolute Gasteiger partial charge is 0.456 e. The minimum atomic E-state index is -0.434. The van der Waals surface area contributed by atoms with Crippen LogP contribution in [0.3, 0.4) is 0 Å². The van der Waals surface area contributed by atoms with Crippen LogP contribution < -0.4 is 10.2 Å². The Hall–Kier alpha value is -1.07. The van der Waals surface area contributed by atoms with Crippen molar-refractivity contribution in [3.63, 3.8) is 0 Å². The van der Waals surface area contributed by atoms with E-state index in [1.54, 1.807) is 0 Å². The van der Waals surface area contributed by atoms with E-state index in [2.05, 4.69) is 10.2 Å². The van der Waals surface area contributed by atoms with Crippen molar-refractivity contribution in [3.05, 3.63) is 17.0 Å². The van der Waals surface area contributed by atoms with E-state index in [1.807, 2.05) is 32.9 Å². The Labute approximate surface area is 112 Å². The van der Waals surface area contributed by atoms with Crippen LogP contribution in [0.1, 0.15) is 30.4 Å². The van der Waals surface area contributed by atoms with Crippen molar-refractivity contribution in [2.24, 2.45) is 0 Å².